The Kier molecular flexibility index (Phi) is 8.55. The molecule has 10 heteroatoms. The molecule has 0 aliphatic heterocycles. The number of guanidine groups is 1. The molecule has 0 radical (unpaired) electrons. The number of benzene rings is 3. The lowest BCUT2D eigenvalue weighted by Crippen LogP contribution is -2.23. The lowest BCUT2D eigenvalue weighted by molar-refractivity contribution is 0.594. The van der Waals surface area contributed by atoms with Crippen molar-refractivity contribution in [2.45, 2.75) is 27.3 Å². The molecule has 0 saturated heterocycles. The maximum Gasteiger partial charge on any atom is 0.208 e. The molecule has 0 atom stereocenters. The second kappa shape index (κ2) is 11.8. The summed E-state index contributed by atoms with van der Waals surface area (Å²) in [6, 6.07) is 24.5. The van der Waals surface area contributed by atoms with Crippen LogP contribution in [0.4, 0.5) is 5.69 Å². The number of rotatable bonds is 9. The minimum Gasteiger partial charge on any atom is -0.383 e. The van der Waals surface area contributed by atoms with E-state index < -0.39 is 9.84 Å². The van der Waals surface area contributed by atoms with Gasteiger partial charge < -0.3 is 16.8 Å². The predicted molar refractivity (Wildman–Crippen MR) is 159 cm³/mol. The molecule has 0 aliphatic carbocycles. The van der Waals surface area contributed by atoms with E-state index in [-0.39, 0.29) is 15.6 Å². The molecule has 4 aromatic rings. The summed E-state index contributed by atoms with van der Waals surface area (Å²) in [7, 11) is -3.82. The number of amidine groups is 1. The number of nitrogens with zero attached hydrogens (tertiary/aromatic N) is 1. The van der Waals surface area contributed by atoms with Crippen LogP contribution in [0.3, 0.4) is 0 Å². The van der Waals surface area contributed by atoms with Gasteiger partial charge in [0, 0.05) is 12.2 Å². The minimum absolute atomic E-state index is 0.146. The average molecular weight is 564 g/mol. The molecular weight excluding hydrogens is 535 g/mol. The highest BCUT2D eigenvalue weighted by Crippen LogP contribution is 2.39. The predicted octanol–water partition coefficient (Wildman–Crippen LogP) is 5.53. The third kappa shape index (κ3) is 6.09. The van der Waals surface area contributed by atoms with Crippen molar-refractivity contribution in [3.63, 3.8) is 0 Å². The van der Waals surface area contributed by atoms with Gasteiger partial charge >= 0.3 is 0 Å². The molecule has 4 rings (SSSR count). The fraction of sp³-hybridized carbons (Fsp3) is 0.143. The summed E-state index contributed by atoms with van der Waals surface area (Å²) < 4.78 is 27.9. The Morgan fingerprint density at radius 1 is 1.00 bits per heavy atom. The van der Waals surface area contributed by atoms with Crippen LogP contribution in [0.15, 0.2) is 97.9 Å². The highest BCUT2D eigenvalue weighted by molar-refractivity contribution is 8.01. The molecule has 7 nitrogen and oxygen atoms in total. The molecule has 6 N–H and O–H groups in total. The van der Waals surface area contributed by atoms with Gasteiger partial charge in [0.15, 0.2) is 5.96 Å². The van der Waals surface area contributed by atoms with Crippen LogP contribution in [-0.4, -0.2) is 33.0 Å². The van der Waals surface area contributed by atoms with Gasteiger partial charge in [-0.1, -0.05) is 54.6 Å². The molecule has 38 heavy (non-hydrogen) atoms. The first-order chi connectivity index (χ1) is 18.2. The Bertz CT molecular complexity index is 1580. The van der Waals surface area contributed by atoms with Crippen molar-refractivity contribution in [3.05, 3.63) is 94.9 Å². The van der Waals surface area contributed by atoms with Crippen LogP contribution in [0.5, 0.6) is 0 Å². The summed E-state index contributed by atoms with van der Waals surface area (Å²) >= 11 is 2.54. The van der Waals surface area contributed by atoms with Crippen LogP contribution in [0.2, 0.25) is 0 Å². The van der Waals surface area contributed by atoms with Crippen LogP contribution >= 0.6 is 23.1 Å². The van der Waals surface area contributed by atoms with Crippen molar-refractivity contribution in [1.29, 1.82) is 5.41 Å². The zero-order valence-corrected chi connectivity index (χ0v) is 23.5. The van der Waals surface area contributed by atoms with Gasteiger partial charge in [-0.05, 0) is 66.1 Å². The van der Waals surface area contributed by atoms with Gasteiger partial charge in [0.1, 0.15) is 5.84 Å². The topological polar surface area (TPSA) is 134 Å². The molecule has 0 fully saturated rings. The number of hydrogen-bond acceptors (Lipinski definition) is 6. The quantitative estimate of drug-likeness (QED) is 0.120. The van der Waals surface area contributed by atoms with Gasteiger partial charge in [-0.3, -0.25) is 10.4 Å². The number of nitrogens with two attached hydrogens (primary N) is 2. The zero-order valence-electron chi connectivity index (χ0n) is 21.1. The Hall–Kier alpha value is -3.60. The highest BCUT2D eigenvalue weighted by Gasteiger charge is 2.27. The van der Waals surface area contributed by atoms with E-state index in [0.29, 0.717) is 27.2 Å². The van der Waals surface area contributed by atoms with Crippen LogP contribution in [0, 0.1) is 12.3 Å². The Labute approximate surface area is 231 Å². The van der Waals surface area contributed by atoms with Crippen LogP contribution < -0.4 is 16.8 Å². The Balaban J connectivity index is 1.54. The molecule has 3 aromatic carbocycles. The molecule has 196 valence electrons. The SMILES string of the molecule is CSc1sc(C(=N)N)cc1S(=O)(=O)c1cccc(-c2ccc(NC(N)=NCCc3ccccc3)cc2)c1C. The number of thiophene rings is 1. The molecule has 0 bridgehead atoms. The zero-order chi connectivity index (χ0) is 27.3. The largest absolute Gasteiger partial charge is 0.383 e. The average Bonchev–Trinajstić information content (AvgIpc) is 3.36. The summed E-state index contributed by atoms with van der Waals surface area (Å²) in [5, 5.41) is 10.8. The normalized spacial score (nSPS) is 11.9. The Morgan fingerprint density at radius 3 is 2.37 bits per heavy atom. The maximum atomic E-state index is 13.7. The number of anilines is 1. The van der Waals surface area contributed by atoms with E-state index in [1.165, 1.54) is 34.7 Å². The smallest absolute Gasteiger partial charge is 0.208 e. The first-order valence-corrected chi connectivity index (χ1v) is 15.3. The third-order valence-corrected chi connectivity index (χ3v) is 10.5. The number of aliphatic imine (C=N–C) groups is 1. The third-order valence-electron chi connectivity index (χ3n) is 5.97. The van der Waals surface area contributed by atoms with E-state index in [4.69, 9.17) is 16.9 Å². The van der Waals surface area contributed by atoms with Gasteiger partial charge in [0.25, 0.3) is 0 Å². The monoisotopic (exact) mass is 563 g/mol. The molecule has 0 aliphatic rings. The van der Waals surface area contributed by atoms with Gasteiger partial charge in [-0.15, -0.1) is 23.1 Å². The van der Waals surface area contributed by atoms with Crippen molar-refractivity contribution in [2.24, 2.45) is 16.5 Å². The fourth-order valence-corrected chi connectivity index (χ4v) is 8.14. The standard InChI is InChI=1S/C28H29N5O2S3/c1-18-22(9-6-10-24(18)38(34,35)25-17-23(26(29)30)37-27(25)36-2)20-11-13-21(14-12-20)33-28(31)32-16-15-19-7-4-3-5-8-19/h3-14,17H,15-16H2,1-2H3,(H3,29,30)(H3,31,32,33). The number of nitrogen functional groups attached to an aromatic ring is 1. The van der Waals surface area contributed by atoms with E-state index in [9.17, 15) is 8.42 Å². The maximum absolute atomic E-state index is 13.7. The first kappa shape index (κ1) is 27.4. The van der Waals surface area contributed by atoms with Crippen LogP contribution in [0.1, 0.15) is 16.0 Å². The number of sulfone groups is 1. The fourth-order valence-electron chi connectivity index (χ4n) is 4.03. The number of thioether (sulfide) groups is 1. The summed E-state index contributed by atoms with van der Waals surface area (Å²) in [4.78, 5) is 5.25. The van der Waals surface area contributed by atoms with Crippen LogP contribution in [-0.2, 0) is 16.3 Å². The first-order valence-electron chi connectivity index (χ1n) is 11.8. The minimum atomic E-state index is -3.82. The summed E-state index contributed by atoms with van der Waals surface area (Å²) in [6.07, 6.45) is 2.62. The molecule has 0 amide bonds. The van der Waals surface area contributed by atoms with E-state index in [1.54, 1.807) is 12.1 Å². The van der Waals surface area contributed by atoms with Gasteiger partial charge in [-0.2, -0.15) is 0 Å². The summed E-state index contributed by atoms with van der Waals surface area (Å²) in [6.45, 7) is 2.39. The second-order valence-corrected chi connectivity index (χ2v) is 12.5. The van der Waals surface area contributed by atoms with E-state index in [2.05, 4.69) is 22.4 Å². The highest BCUT2D eigenvalue weighted by atomic mass is 32.2. The van der Waals surface area contributed by atoms with Crippen molar-refractivity contribution >= 4 is 50.4 Å². The molecule has 0 spiro atoms. The number of nitrogens with one attached hydrogen (secondary N) is 2. The van der Waals surface area contributed by atoms with E-state index in [1.807, 2.05) is 61.7 Å². The Morgan fingerprint density at radius 2 is 1.71 bits per heavy atom. The summed E-state index contributed by atoms with van der Waals surface area (Å²) in [5.74, 6) is 0.191. The molecule has 1 aromatic heterocycles. The van der Waals surface area contributed by atoms with Gasteiger partial charge in [0.05, 0.1) is 18.9 Å². The number of hydrogen-bond donors (Lipinski definition) is 4. The molecular formula is C28H29N5O2S3. The lowest BCUT2D eigenvalue weighted by atomic mass is 10.0. The second-order valence-electron chi connectivity index (χ2n) is 8.52. The van der Waals surface area contributed by atoms with E-state index >= 15 is 0 Å². The molecule has 0 saturated carbocycles. The van der Waals surface area contributed by atoms with Gasteiger partial charge in [0.2, 0.25) is 9.84 Å². The molecule has 0 unspecified atom stereocenters. The summed E-state index contributed by atoms with van der Waals surface area (Å²) in [5.41, 5.74) is 16.0. The van der Waals surface area contributed by atoms with Crippen molar-refractivity contribution < 1.29 is 8.42 Å². The molecule has 1 heterocycles. The van der Waals surface area contributed by atoms with Crippen molar-refractivity contribution in [2.75, 3.05) is 18.1 Å². The van der Waals surface area contributed by atoms with Crippen molar-refractivity contribution in [1.82, 2.24) is 0 Å². The van der Waals surface area contributed by atoms with Crippen molar-refractivity contribution in [3.8, 4) is 11.1 Å². The van der Waals surface area contributed by atoms with Crippen LogP contribution in [0.25, 0.3) is 11.1 Å². The lowest BCUT2D eigenvalue weighted by Gasteiger charge is -2.13. The van der Waals surface area contributed by atoms with Gasteiger partial charge in [-0.25, -0.2) is 8.42 Å². The van der Waals surface area contributed by atoms with E-state index in [0.717, 1.165) is 23.2 Å².